The number of benzene rings is 2. The molecule has 0 radical (unpaired) electrons. The van der Waals surface area contributed by atoms with Crippen LogP contribution in [-0.4, -0.2) is 28.5 Å². The van der Waals surface area contributed by atoms with E-state index < -0.39 is 0 Å². The van der Waals surface area contributed by atoms with Crippen LogP contribution < -0.4 is 10.6 Å². The molecule has 2 aliphatic carbocycles. The molecule has 3 aromatic rings. The third-order valence-corrected chi connectivity index (χ3v) is 7.31. The number of hydrogen-bond donors (Lipinski definition) is 2. The van der Waals surface area contributed by atoms with Crippen molar-refractivity contribution in [2.24, 2.45) is 0 Å². The topological polar surface area (TPSA) is 66.9 Å². The third kappa shape index (κ3) is 5.16. The maximum atomic E-state index is 13.4. The third-order valence-electron chi connectivity index (χ3n) is 7.06. The van der Waals surface area contributed by atoms with Gasteiger partial charge in [-0.1, -0.05) is 66.9 Å². The van der Waals surface area contributed by atoms with Crippen LogP contribution >= 0.6 is 11.6 Å². The first-order valence-electron chi connectivity index (χ1n) is 12.3. The van der Waals surface area contributed by atoms with Crippen LogP contribution in [0.3, 0.4) is 0 Å². The lowest BCUT2D eigenvalue weighted by Gasteiger charge is -2.31. The smallest absolute Gasteiger partial charge is 0.254 e. The molecule has 0 saturated heterocycles. The normalized spacial score (nSPS) is 17.0. The van der Waals surface area contributed by atoms with E-state index in [1.807, 2.05) is 30.3 Å². The Morgan fingerprint density at radius 3 is 2.47 bits per heavy atom. The highest BCUT2D eigenvalue weighted by molar-refractivity contribution is 6.30. The Kier molecular flexibility index (Phi) is 6.93. The van der Waals surface area contributed by atoms with Crippen molar-refractivity contribution in [3.63, 3.8) is 0 Å². The highest BCUT2D eigenvalue weighted by Crippen LogP contribution is 2.47. The Morgan fingerprint density at radius 1 is 1.03 bits per heavy atom. The molecule has 2 aliphatic rings. The van der Waals surface area contributed by atoms with Gasteiger partial charge in [0.15, 0.2) is 0 Å². The number of nitrogens with zero attached hydrogens (tertiary/aromatic N) is 2. The van der Waals surface area contributed by atoms with Gasteiger partial charge in [0.25, 0.3) is 5.91 Å². The zero-order valence-electron chi connectivity index (χ0n) is 19.4. The van der Waals surface area contributed by atoms with Crippen molar-refractivity contribution in [1.82, 2.24) is 20.6 Å². The van der Waals surface area contributed by atoms with Gasteiger partial charge in [-0.3, -0.25) is 4.79 Å². The second-order valence-corrected chi connectivity index (χ2v) is 9.93. The van der Waals surface area contributed by atoms with Gasteiger partial charge in [-0.15, -0.1) is 0 Å². The summed E-state index contributed by atoms with van der Waals surface area (Å²) in [5.41, 5.74) is 3.52. The van der Waals surface area contributed by atoms with Crippen molar-refractivity contribution in [1.29, 1.82) is 0 Å². The monoisotopic (exact) mass is 474 g/mol. The molecule has 0 aliphatic heterocycles. The Morgan fingerprint density at radius 2 is 1.76 bits per heavy atom. The summed E-state index contributed by atoms with van der Waals surface area (Å²) >= 11 is 6.20. The predicted molar refractivity (Wildman–Crippen MR) is 135 cm³/mol. The van der Waals surface area contributed by atoms with E-state index in [0.717, 1.165) is 43.6 Å². The molecule has 2 N–H and O–H groups in total. The Hall–Kier alpha value is -2.76. The minimum Gasteiger partial charge on any atom is -0.352 e. The number of hydrogen-bond acceptors (Lipinski definition) is 4. The number of nitrogens with one attached hydrogen (secondary N) is 2. The number of carbonyl (C=O) groups is 1. The second kappa shape index (κ2) is 10.2. The SMILES string of the molecule is O=C(NCCc1ccccc1)c1cnc(CNC2CC2)nc1C1(c2ccc(Cl)cc2)CCCC1. The molecule has 0 unspecified atom stereocenters. The number of halogens is 1. The van der Waals surface area contributed by atoms with Gasteiger partial charge >= 0.3 is 0 Å². The van der Waals surface area contributed by atoms with E-state index in [0.29, 0.717) is 29.7 Å². The van der Waals surface area contributed by atoms with Crippen molar-refractivity contribution < 1.29 is 4.79 Å². The number of carbonyl (C=O) groups excluding carboxylic acids is 1. The highest BCUT2D eigenvalue weighted by atomic mass is 35.5. The molecule has 5 rings (SSSR count). The van der Waals surface area contributed by atoms with Crippen molar-refractivity contribution in [2.45, 2.75) is 62.9 Å². The van der Waals surface area contributed by atoms with Gasteiger partial charge in [0.2, 0.25) is 0 Å². The average molecular weight is 475 g/mol. The molecule has 0 spiro atoms. The number of amides is 1. The molecule has 1 amide bonds. The molecule has 176 valence electrons. The van der Waals surface area contributed by atoms with E-state index in [2.05, 4.69) is 39.9 Å². The first kappa shape index (κ1) is 23.0. The minimum atomic E-state index is -0.298. The van der Waals surface area contributed by atoms with Crippen LogP contribution in [0.15, 0.2) is 60.8 Å². The summed E-state index contributed by atoms with van der Waals surface area (Å²) in [6.07, 6.45) is 9.09. The summed E-state index contributed by atoms with van der Waals surface area (Å²) in [5.74, 6) is 0.649. The van der Waals surface area contributed by atoms with Gasteiger partial charge in [0.1, 0.15) is 5.82 Å². The van der Waals surface area contributed by atoms with Crippen LogP contribution in [0.4, 0.5) is 0 Å². The fourth-order valence-corrected chi connectivity index (χ4v) is 5.15. The quantitative estimate of drug-likeness (QED) is 0.446. The van der Waals surface area contributed by atoms with E-state index in [-0.39, 0.29) is 11.3 Å². The summed E-state index contributed by atoms with van der Waals surface area (Å²) in [4.78, 5) is 23.0. The molecule has 2 saturated carbocycles. The number of rotatable bonds is 9. The molecular weight excluding hydrogens is 444 g/mol. The van der Waals surface area contributed by atoms with Crippen LogP contribution in [-0.2, 0) is 18.4 Å². The lowest BCUT2D eigenvalue weighted by Crippen LogP contribution is -2.34. The molecule has 5 nitrogen and oxygen atoms in total. The fourth-order valence-electron chi connectivity index (χ4n) is 5.03. The molecule has 1 aromatic heterocycles. The van der Waals surface area contributed by atoms with Gasteiger partial charge in [0.05, 0.1) is 17.8 Å². The van der Waals surface area contributed by atoms with Gasteiger partial charge in [0, 0.05) is 29.2 Å². The summed E-state index contributed by atoms with van der Waals surface area (Å²) in [5, 5.41) is 7.34. The van der Waals surface area contributed by atoms with Gasteiger partial charge in [-0.25, -0.2) is 9.97 Å². The van der Waals surface area contributed by atoms with Gasteiger partial charge in [-0.05, 0) is 55.4 Å². The average Bonchev–Trinajstić information content (AvgIpc) is 3.57. The molecule has 0 bridgehead atoms. The molecule has 1 heterocycles. The van der Waals surface area contributed by atoms with Crippen molar-refractivity contribution in [3.05, 3.63) is 94.0 Å². The standard InChI is InChI=1S/C28H31ClN4O/c29-22-10-8-21(9-11-22)28(15-4-5-16-28)26-24(18-32-25(33-26)19-31-23-12-13-23)27(34)30-17-14-20-6-2-1-3-7-20/h1-3,6-11,18,23,31H,4-5,12-17,19H2,(H,30,34). The van der Waals surface area contributed by atoms with E-state index in [9.17, 15) is 4.79 Å². The maximum absolute atomic E-state index is 13.4. The highest BCUT2D eigenvalue weighted by Gasteiger charge is 2.41. The lowest BCUT2D eigenvalue weighted by molar-refractivity contribution is 0.0950. The van der Waals surface area contributed by atoms with Crippen LogP contribution in [0, 0.1) is 0 Å². The van der Waals surface area contributed by atoms with E-state index >= 15 is 0 Å². The van der Waals surface area contributed by atoms with Crippen molar-refractivity contribution in [3.8, 4) is 0 Å². The zero-order chi connectivity index (χ0) is 23.4. The summed E-state index contributed by atoms with van der Waals surface area (Å²) < 4.78 is 0. The largest absolute Gasteiger partial charge is 0.352 e. The first-order chi connectivity index (χ1) is 16.6. The Balaban J connectivity index is 1.45. The second-order valence-electron chi connectivity index (χ2n) is 9.49. The van der Waals surface area contributed by atoms with Crippen LogP contribution in [0.5, 0.6) is 0 Å². The molecule has 34 heavy (non-hydrogen) atoms. The summed E-state index contributed by atoms with van der Waals surface area (Å²) in [6, 6.07) is 18.8. The predicted octanol–water partition coefficient (Wildman–Crippen LogP) is 5.21. The molecule has 2 aromatic carbocycles. The molecule has 6 heteroatoms. The molecule has 0 atom stereocenters. The van der Waals surface area contributed by atoms with Crippen LogP contribution in [0.2, 0.25) is 5.02 Å². The van der Waals surface area contributed by atoms with Crippen LogP contribution in [0.1, 0.15) is 71.5 Å². The van der Waals surface area contributed by atoms with E-state index in [1.54, 1.807) is 6.20 Å². The Bertz CT molecular complexity index is 1120. The van der Waals surface area contributed by atoms with E-state index in [1.165, 1.54) is 24.0 Å². The summed E-state index contributed by atoms with van der Waals surface area (Å²) in [7, 11) is 0. The minimum absolute atomic E-state index is 0.104. The van der Waals surface area contributed by atoms with Crippen LogP contribution in [0.25, 0.3) is 0 Å². The van der Waals surface area contributed by atoms with E-state index in [4.69, 9.17) is 16.6 Å². The number of aromatic nitrogens is 2. The molecular formula is C28H31ClN4O. The maximum Gasteiger partial charge on any atom is 0.254 e. The summed E-state index contributed by atoms with van der Waals surface area (Å²) in [6.45, 7) is 1.20. The van der Waals surface area contributed by atoms with Crippen molar-refractivity contribution >= 4 is 17.5 Å². The van der Waals surface area contributed by atoms with Gasteiger partial charge in [-0.2, -0.15) is 0 Å². The first-order valence-corrected chi connectivity index (χ1v) is 12.7. The Labute approximate surface area is 206 Å². The van der Waals surface area contributed by atoms with Gasteiger partial charge < -0.3 is 10.6 Å². The van der Waals surface area contributed by atoms with Crippen molar-refractivity contribution in [2.75, 3.05) is 6.54 Å². The lowest BCUT2D eigenvalue weighted by atomic mass is 9.74. The zero-order valence-corrected chi connectivity index (χ0v) is 20.2. The fraction of sp³-hybridized carbons (Fsp3) is 0.393. The molecule has 2 fully saturated rings.